The fraction of sp³-hybridized carbons (Fsp3) is 0.250. The van der Waals surface area contributed by atoms with Crippen LogP contribution in [0.4, 0.5) is 6.01 Å². The highest BCUT2D eigenvalue weighted by Gasteiger charge is 2.11. The molecule has 0 saturated carbocycles. The maximum atomic E-state index is 12.2. The van der Waals surface area contributed by atoms with Gasteiger partial charge in [0.15, 0.2) is 6.61 Å². The Kier molecular flexibility index (Phi) is 6.49. The van der Waals surface area contributed by atoms with Crippen LogP contribution in [0.25, 0.3) is 0 Å². The van der Waals surface area contributed by atoms with Crippen molar-refractivity contribution >= 4 is 23.7 Å². The third kappa shape index (κ3) is 6.14. The molecule has 0 spiro atoms. The van der Waals surface area contributed by atoms with Gasteiger partial charge in [0.1, 0.15) is 5.75 Å². The van der Waals surface area contributed by atoms with Crippen molar-refractivity contribution in [2.75, 3.05) is 5.32 Å². The Morgan fingerprint density at radius 3 is 2.56 bits per heavy atom. The Balaban J connectivity index is 1.48. The summed E-state index contributed by atoms with van der Waals surface area (Å²) in [5.41, 5.74) is 0.924. The number of nitrogens with zero attached hydrogens (tertiary/aromatic N) is 2. The number of para-hydroxylation sites is 1. The molecule has 0 aliphatic carbocycles. The summed E-state index contributed by atoms with van der Waals surface area (Å²) in [6, 6.07) is 17.4. The molecule has 0 fully saturated rings. The number of thioether (sulfide) groups is 1. The molecule has 3 rings (SSSR count). The molecule has 0 aliphatic heterocycles. The molecule has 0 aliphatic rings. The molecule has 2 aromatic carbocycles. The van der Waals surface area contributed by atoms with Gasteiger partial charge in [0.05, 0.1) is 6.42 Å². The van der Waals surface area contributed by atoms with Crippen molar-refractivity contribution in [3.8, 4) is 5.75 Å². The molecule has 140 valence electrons. The molecule has 0 atom stereocenters. The number of carbonyl (C=O) groups excluding carboxylic acids is 1. The van der Waals surface area contributed by atoms with E-state index in [9.17, 15) is 4.79 Å². The molecule has 27 heavy (non-hydrogen) atoms. The maximum Gasteiger partial charge on any atom is 0.322 e. The minimum absolute atomic E-state index is 0.0682. The molecule has 3 aromatic rings. The van der Waals surface area contributed by atoms with E-state index in [4.69, 9.17) is 9.15 Å². The third-order valence-corrected chi connectivity index (χ3v) is 4.49. The average molecular weight is 383 g/mol. The van der Waals surface area contributed by atoms with Crippen molar-refractivity contribution in [2.24, 2.45) is 0 Å². The van der Waals surface area contributed by atoms with Crippen LogP contribution >= 0.6 is 11.8 Å². The summed E-state index contributed by atoms with van der Waals surface area (Å²) in [7, 11) is 0. The number of anilines is 1. The van der Waals surface area contributed by atoms with Gasteiger partial charge in [0.25, 0.3) is 5.89 Å². The first-order valence-electron chi connectivity index (χ1n) is 8.64. The van der Waals surface area contributed by atoms with Gasteiger partial charge in [-0.15, -0.1) is 16.9 Å². The lowest BCUT2D eigenvalue weighted by atomic mass is 10.1. The van der Waals surface area contributed by atoms with Crippen molar-refractivity contribution < 1.29 is 13.9 Å². The zero-order chi connectivity index (χ0) is 19.1. The number of rotatable bonds is 8. The summed E-state index contributed by atoms with van der Waals surface area (Å²) in [4.78, 5) is 13.3. The van der Waals surface area contributed by atoms with Crippen molar-refractivity contribution in [3.63, 3.8) is 0 Å². The molecule has 0 radical (unpaired) electrons. The van der Waals surface area contributed by atoms with Gasteiger partial charge in [0, 0.05) is 10.1 Å². The lowest BCUT2D eigenvalue weighted by Crippen LogP contribution is -2.14. The van der Waals surface area contributed by atoms with E-state index in [1.807, 2.05) is 54.6 Å². The fourth-order valence-corrected chi connectivity index (χ4v) is 3.17. The summed E-state index contributed by atoms with van der Waals surface area (Å²) >= 11 is 1.79. The van der Waals surface area contributed by atoms with Crippen LogP contribution in [0, 0.1) is 0 Å². The van der Waals surface area contributed by atoms with Crippen LogP contribution in [0.15, 0.2) is 63.9 Å². The number of ether oxygens (including phenoxy) is 1. The second kappa shape index (κ2) is 9.23. The van der Waals surface area contributed by atoms with Crippen molar-refractivity contribution in [3.05, 3.63) is 66.1 Å². The van der Waals surface area contributed by atoms with E-state index in [2.05, 4.69) is 29.4 Å². The smallest absolute Gasteiger partial charge is 0.322 e. The summed E-state index contributed by atoms with van der Waals surface area (Å²) in [5.74, 6) is 0.794. The van der Waals surface area contributed by atoms with Crippen molar-refractivity contribution in [1.29, 1.82) is 0 Å². The van der Waals surface area contributed by atoms with E-state index >= 15 is 0 Å². The molecule has 0 saturated heterocycles. The SMILES string of the molecule is CC(C)Sc1ccc(CC(=O)Nc2nnc(COc3ccccc3)o2)cc1. The van der Waals surface area contributed by atoms with Gasteiger partial charge in [-0.05, 0) is 29.8 Å². The summed E-state index contributed by atoms with van der Waals surface area (Å²) in [6.07, 6.45) is 0.241. The zero-order valence-corrected chi connectivity index (χ0v) is 16.0. The predicted molar refractivity (Wildman–Crippen MR) is 105 cm³/mol. The first-order valence-corrected chi connectivity index (χ1v) is 9.52. The molecule has 0 unspecified atom stereocenters. The molecular formula is C20H21N3O3S. The van der Waals surface area contributed by atoms with E-state index in [0.29, 0.717) is 16.9 Å². The Bertz CT molecular complexity index is 864. The lowest BCUT2D eigenvalue weighted by molar-refractivity contribution is -0.115. The van der Waals surface area contributed by atoms with Gasteiger partial charge in [-0.25, -0.2) is 0 Å². The van der Waals surface area contributed by atoms with Crippen molar-refractivity contribution in [2.45, 2.75) is 37.0 Å². The van der Waals surface area contributed by atoms with Gasteiger partial charge in [0.2, 0.25) is 5.91 Å². The summed E-state index contributed by atoms with van der Waals surface area (Å²) < 4.78 is 10.9. The molecule has 1 aromatic heterocycles. The van der Waals surface area contributed by atoms with Gasteiger partial charge in [-0.2, -0.15) is 0 Å². The number of amides is 1. The third-order valence-electron chi connectivity index (χ3n) is 3.48. The van der Waals surface area contributed by atoms with Crippen LogP contribution in [0.1, 0.15) is 25.3 Å². The minimum Gasteiger partial charge on any atom is -0.484 e. The quantitative estimate of drug-likeness (QED) is 0.584. The standard InChI is InChI=1S/C20H21N3O3S/c1-14(2)27-17-10-8-15(9-11-17)12-18(24)21-20-23-22-19(26-20)13-25-16-6-4-3-5-7-16/h3-11,14H,12-13H2,1-2H3,(H,21,23,24). The Morgan fingerprint density at radius 2 is 1.85 bits per heavy atom. The molecule has 7 heteroatoms. The Morgan fingerprint density at radius 1 is 1.11 bits per heavy atom. The molecule has 6 nitrogen and oxygen atoms in total. The molecular weight excluding hydrogens is 362 g/mol. The van der Waals surface area contributed by atoms with Crippen LogP contribution in [0.3, 0.4) is 0 Å². The zero-order valence-electron chi connectivity index (χ0n) is 15.2. The number of nitrogens with one attached hydrogen (secondary N) is 1. The van der Waals surface area contributed by atoms with Gasteiger partial charge < -0.3 is 9.15 Å². The topological polar surface area (TPSA) is 77.2 Å². The highest BCUT2D eigenvalue weighted by molar-refractivity contribution is 7.99. The predicted octanol–water partition coefficient (Wildman–Crippen LogP) is 4.33. The number of hydrogen-bond acceptors (Lipinski definition) is 6. The van der Waals surface area contributed by atoms with Crippen LogP contribution in [-0.2, 0) is 17.8 Å². The highest BCUT2D eigenvalue weighted by Crippen LogP contribution is 2.23. The van der Waals surface area contributed by atoms with Crippen LogP contribution < -0.4 is 10.1 Å². The van der Waals surface area contributed by atoms with Gasteiger partial charge in [-0.3, -0.25) is 10.1 Å². The largest absolute Gasteiger partial charge is 0.484 e. The molecule has 0 bridgehead atoms. The Labute approximate surface area is 162 Å². The van der Waals surface area contributed by atoms with E-state index in [0.717, 1.165) is 5.56 Å². The average Bonchev–Trinajstić information content (AvgIpc) is 3.09. The minimum atomic E-state index is -0.210. The fourth-order valence-electron chi connectivity index (χ4n) is 2.33. The second-order valence-corrected chi connectivity index (χ2v) is 7.79. The maximum absolute atomic E-state index is 12.2. The van der Waals surface area contributed by atoms with Crippen LogP contribution in [0.5, 0.6) is 5.75 Å². The first-order chi connectivity index (χ1) is 13.1. The van der Waals surface area contributed by atoms with E-state index in [1.54, 1.807) is 11.8 Å². The van der Waals surface area contributed by atoms with Gasteiger partial charge >= 0.3 is 6.01 Å². The monoisotopic (exact) mass is 383 g/mol. The summed E-state index contributed by atoms with van der Waals surface area (Å²) in [6.45, 7) is 4.44. The summed E-state index contributed by atoms with van der Waals surface area (Å²) in [5, 5.41) is 10.8. The number of carbonyl (C=O) groups is 1. The number of hydrogen-bond donors (Lipinski definition) is 1. The normalized spacial score (nSPS) is 10.8. The molecule has 1 N–H and O–H groups in total. The van der Waals surface area contributed by atoms with Gasteiger partial charge in [-0.1, -0.05) is 49.3 Å². The van der Waals surface area contributed by atoms with Crippen LogP contribution in [0.2, 0.25) is 0 Å². The molecule has 1 heterocycles. The van der Waals surface area contributed by atoms with E-state index < -0.39 is 0 Å². The highest BCUT2D eigenvalue weighted by atomic mass is 32.2. The van der Waals surface area contributed by atoms with Crippen molar-refractivity contribution in [1.82, 2.24) is 10.2 Å². The first kappa shape index (κ1) is 19.0. The lowest BCUT2D eigenvalue weighted by Gasteiger charge is -2.06. The number of benzene rings is 2. The Hall–Kier alpha value is -2.80. The van der Waals surface area contributed by atoms with E-state index in [-0.39, 0.29) is 24.9 Å². The molecule has 1 amide bonds. The van der Waals surface area contributed by atoms with Crippen LogP contribution in [-0.4, -0.2) is 21.4 Å². The second-order valence-electron chi connectivity index (χ2n) is 6.14. The number of aromatic nitrogens is 2. The van der Waals surface area contributed by atoms with E-state index in [1.165, 1.54) is 4.90 Å².